The summed E-state index contributed by atoms with van der Waals surface area (Å²) in [7, 11) is 0. The first kappa shape index (κ1) is 24.2. The fraction of sp³-hybridized carbons (Fsp3) is 0.444. The van der Waals surface area contributed by atoms with Crippen molar-refractivity contribution < 1.29 is 14.6 Å². The van der Waals surface area contributed by atoms with Gasteiger partial charge in [-0.15, -0.1) is 22.6 Å². The number of aliphatic hydroxyl groups excluding tert-OH is 1. The number of anilines is 1. The number of β-amino-alcohol motifs (C(OH)–C–C–N with tert-alkyl or cyclic N) is 1. The molecule has 0 spiro atoms. The van der Waals surface area contributed by atoms with E-state index in [1.54, 1.807) is 18.2 Å². The smallest absolute Gasteiger partial charge is 0.233 e. The van der Waals surface area contributed by atoms with Gasteiger partial charge in [-0.05, 0) is 38.5 Å². The van der Waals surface area contributed by atoms with Gasteiger partial charge in [-0.2, -0.15) is 0 Å². The van der Waals surface area contributed by atoms with E-state index in [0.29, 0.717) is 35.6 Å². The number of nitrogens with one attached hydrogen (secondary N) is 2. The lowest BCUT2D eigenvalue weighted by molar-refractivity contribution is 0.0923. The van der Waals surface area contributed by atoms with E-state index in [1.165, 1.54) is 0 Å². The molecule has 1 aromatic carbocycles. The lowest BCUT2D eigenvalue weighted by atomic mass is 10.1. The molecule has 0 radical (unpaired) electrons. The predicted octanol–water partition coefficient (Wildman–Crippen LogP) is 2.33. The molecule has 5 N–H and O–H groups in total. The quantitative estimate of drug-likeness (QED) is 0.334. The van der Waals surface area contributed by atoms with E-state index >= 15 is 0 Å². The van der Waals surface area contributed by atoms with E-state index in [4.69, 9.17) is 26.9 Å². The number of aryl methyl sites for hydroxylation is 1. The van der Waals surface area contributed by atoms with Crippen molar-refractivity contribution in [3.63, 3.8) is 0 Å². The van der Waals surface area contributed by atoms with E-state index in [9.17, 15) is 5.11 Å². The fourth-order valence-electron chi connectivity index (χ4n) is 2.15. The van der Waals surface area contributed by atoms with Crippen LogP contribution in [0.1, 0.15) is 19.4 Å². The van der Waals surface area contributed by atoms with E-state index in [-0.39, 0.29) is 19.0 Å². The van der Waals surface area contributed by atoms with E-state index in [1.807, 2.05) is 32.9 Å². The first-order valence-electron chi connectivity index (χ1n) is 8.55. The highest BCUT2D eigenvalue weighted by molar-refractivity contribution is 6.32. The van der Waals surface area contributed by atoms with Gasteiger partial charge in [0.15, 0.2) is 5.82 Å². The van der Waals surface area contributed by atoms with E-state index < -0.39 is 11.6 Å². The molecule has 0 bridgehead atoms. The van der Waals surface area contributed by atoms with Gasteiger partial charge in [0.25, 0.3) is 0 Å². The first-order valence-corrected chi connectivity index (χ1v) is 8.92. The Bertz CT molecular complexity index is 732. The second-order valence-corrected chi connectivity index (χ2v) is 7.18. The number of aromatic nitrogens is 2. The number of nitrogens with zero attached hydrogens (tertiary/aromatic N) is 2. The maximum atomic E-state index is 10.2. The Morgan fingerprint density at radius 1 is 1.21 bits per heavy atom. The minimum Gasteiger partial charge on any atom is -0.489 e. The molecular weight excluding hydrogens is 405 g/mol. The lowest BCUT2D eigenvalue weighted by Gasteiger charge is -2.27. The molecular formula is C18H27Cl2N5O3. The summed E-state index contributed by atoms with van der Waals surface area (Å²) in [4.78, 5) is 0. The predicted molar refractivity (Wildman–Crippen MR) is 112 cm³/mol. The van der Waals surface area contributed by atoms with Crippen LogP contribution in [0.3, 0.4) is 0 Å². The normalized spacial score (nSPS) is 12.1. The van der Waals surface area contributed by atoms with Crippen molar-refractivity contribution in [1.29, 1.82) is 0 Å². The van der Waals surface area contributed by atoms with Crippen molar-refractivity contribution in [3.8, 4) is 11.6 Å². The van der Waals surface area contributed by atoms with Crippen LogP contribution >= 0.6 is 24.0 Å². The maximum Gasteiger partial charge on any atom is 0.233 e. The molecule has 0 aliphatic heterocycles. The summed E-state index contributed by atoms with van der Waals surface area (Å²) >= 11 is 6.18. The lowest BCUT2D eigenvalue weighted by Crippen LogP contribution is -2.48. The number of hydrogen-bond donors (Lipinski definition) is 4. The number of hydrazine groups is 1. The topological polar surface area (TPSA) is 115 Å². The number of ether oxygens (including phenoxy) is 2. The maximum absolute atomic E-state index is 10.2. The van der Waals surface area contributed by atoms with Crippen LogP contribution in [0, 0.1) is 6.92 Å². The third-order valence-electron chi connectivity index (χ3n) is 3.77. The number of rotatable bonds is 10. The van der Waals surface area contributed by atoms with Crippen LogP contribution in [0.4, 0.5) is 5.82 Å². The van der Waals surface area contributed by atoms with E-state index in [2.05, 4.69) is 20.9 Å². The van der Waals surface area contributed by atoms with Gasteiger partial charge < -0.3 is 25.3 Å². The Hall–Kier alpha value is -1.84. The molecule has 0 aliphatic rings. The summed E-state index contributed by atoms with van der Waals surface area (Å²) in [6.45, 7) is 6.63. The van der Waals surface area contributed by atoms with Gasteiger partial charge in [0.05, 0.1) is 5.02 Å². The highest BCUT2D eigenvalue weighted by Crippen LogP contribution is 2.27. The molecule has 1 aromatic heterocycles. The number of nitrogen functional groups attached to an aromatic ring is 1. The molecule has 0 saturated carbocycles. The van der Waals surface area contributed by atoms with Crippen molar-refractivity contribution in [2.75, 3.05) is 25.2 Å². The van der Waals surface area contributed by atoms with Crippen LogP contribution < -0.4 is 26.1 Å². The molecule has 2 rings (SSSR count). The summed E-state index contributed by atoms with van der Waals surface area (Å²) in [6.07, 6.45) is -0.699. The van der Waals surface area contributed by atoms with Crippen LogP contribution in [-0.4, -0.2) is 46.7 Å². The molecule has 28 heavy (non-hydrogen) atoms. The van der Waals surface area contributed by atoms with Crippen LogP contribution in [0.15, 0.2) is 30.3 Å². The monoisotopic (exact) mass is 431 g/mol. The van der Waals surface area contributed by atoms with E-state index in [0.717, 1.165) is 5.56 Å². The number of benzene rings is 1. The van der Waals surface area contributed by atoms with Gasteiger partial charge in [-0.25, -0.2) is 5.84 Å². The second kappa shape index (κ2) is 11.2. The summed E-state index contributed by atoms with van der Waals surface area (Å²) in [6, 6.07) is 8.88. The number of halogens is 2. The van der Waals surface area contributed by atoms with Crippen molar-refractivity contribution in [2.24, 2.45) is 5.84 Å². The standard InChI is InChI=1S/C18H26ClN5O3.ClH/c1-12-5-4-6-14(17(12)19)26-10-13(25)9-21-18(2,3)11-27-16-8-7-15(22-20)23-24-16;/h4-8,13,21,25H,9-11,20H2,1-3H3,(H,22,23);1H. The first-order chi connectivity index (χ1) is 12.8. The summed E-state index contributed by atoms with van der Waals surface area (Å²) in [5.41, 5.74) is 2.93. The molecule has 1 atom stereocenters. The van der Waals surface area contributed by atoms with Crippen LogP contribution in [0.5, 0.6) is 11.6 Å². The van der Waals surface area contributed by atoms with Gasteiger partial charge in [0.1, 0.15) is 25.1 Å². The molecule has 2 aromatic rings. The SMILES string of the molecule is Cc1cccc(OCC(O)CNC(C)(C)COc2ccc(NN)nn2)c1Cl.Cl. The largest absolute Gasteiger partial charge is 0.489 e. The Kier molecular flexibility index (Phi) is 9.71. The molecule has 1 heterocycles. The molecule has 10 heteroatoms. The number of aliphatic hydroxyl groups is 1. The van der Waals surface area contributed by atoms with Crippen LogP contribution in [0.25, 0.3) is 0 Å². The number of nitrogens with two attached hydrogens (primary N) is 1. The van der Waals surface area contributed by atoms with Crippen molar-refractivity contribution in [3.05, 3.63) is 40.9 Å². The minimum absolute atomic E-state index is 0. The van der Waals surface area contributed by atoms with Gasteiger partial charge >= 0.3 is 0 Å². The average molecular weight is 432 g/mol. The summed E-state index contributed by atoms with van der Waals surface area (Å²) in [5, 5.41) is 21.7. The average Bonchev–Trinajstić information content (AvgIpc) is 2.66. The van der Waals surface area contributed by atoms with Crippen LogP contribution in [0.2, 0.25) is 5.02 Å². The van der Waals surface area contributed by atoms with Gasteiger partial charge in [0.2, 0.25) is 5.88 Å². The molecule has 0 aliphatic carbocycles. The van der Waals surface area contributed by atoms with Crippen molar-refractivity contribution in [1.82, 2.24) is 15.5 Å². The molecule has 0 saturated heterocycles. The molecule has 156 valence electrons. The van der Waals surface area contributed by atoms with Gasteiger partial charge in [-0.3, -0.25) is 0 Å². The Morgan fingerprint density at radius 2 is 1.96 bits per heavy atom. The van der Waals surface area contributed by atoms with Crippen molar-refractivity contribution >= 4 is 29.8 Å². The number of hydrogen-bond acceptors (Lipinski definition) is 8. The highest BCUT2D eigenvalue weighted by atomic mass is 35.5. The molecule has 0 fully saturated rings. The minimum atomic E-state index is -0.699. The third-order valence-corrected chi connectivity index (χ3v) is 4.26. The Morgan fingerprint density at radius 3 is 2.61 bits per heavy atom. The second-order valence-electron chi connectivity index (χ2n) is 6.81. The third kappa shape index (κ3) is 7.65. The van der Waals surface area contributed by atoms with Crippen LogP contribution in [-0.2, 0) is 0 Å². The van der Waals surface area contributed by atoms with Gasteiger partial charge in [0, 0.05) is 18.2 Å². The summed E-state index contributed by atoms with van der Waals surface area (Å²) in [5.74, 6) is 6.65. The molecule has 1 unspecified atom stereocenters. The zero-order valence-corrected chi connectivity index (χ0v) is 17.7. The molecule has 0 amide bonds. The zero-order chi connectivity index (χ0) is 19.9. The Balaban J connectivity index is 0.00000392. The molecule has 8 nitrogen and oxygen atoms in total. The summed E-state index contributed by atoms with van der Waals surface area (Å²) < 4.78 is 11.2. The van der Waals surface area contributed by atoms with Gasteiger partial charge in [-0.1, -0.05) is 23.7 Å². The Labute approximate surface area is 176 Å². The highest BCUT2D eigenvalue weighted by Gasteiger charge is 2.20. The van der Waals surface area contributed by atoms with Crippen molar-refractivity contribution in [2.45, 2.75) is 32.4 Å². The zero-order valence-electron chi connectivity index (χ0n) is 16.1. The fourth-order valence-corrected chi connectivity index (χ4v) is 2.33.